The van der Waals surface area contributed by atoms with Crippen LogP contribution in [0.25, 0.3) is 0 Å². The summed E-state index contributed by atoms with van der Waals surface area (Å²) in [6.45, 7) is 0. The predicted octanol–water partition coefficient (Wildman–Crippen LogP) is -0.641. The van der Waals surface area contributed by atoms with Gasteiger partial charge in [0.15, 0.2) is 5.78 Å². The lowest BCUT2D eigenvalue weighted by molar-refractivity contribution is 0.0985. The summed E-state index contributed by atoms with van der Waals surface area (Å²) >= 11 is 0. The van der Waals surface area contributed by atoms with Gasteiger partial charge in [0.05, 0.1) is 12.6 Å². The molecule has 0 fully saturated rings. The van der Waals surface area contributed by atoms with Crippen LogP contribution >= 0.6 is 0 Å². The zero-order chi connectivity index (χ0) is 9.97. The molecule has 0 saturated carbocycles. The summed E-state index contributed by atoms with van der Waals surface area (Å²) in [5, 5.41) is 13.5. The van der Waals surface area contributed by atoms with Crippen LogP contribution in [0.5, 0.6) is 0 Å². The van der Waals surface area contributed by atoms with Crippen LogP contribution in [0.2, 0.25) is 0 Å². The smallest absolute Gasteiger partial charge is 0.192 e. The Balaban J connectivity index is 2.13. The van der Waals surface area contributed by atoms with E-state index in [-0.39, 0.29) is 12.2 Å². The number of carbonyl (C=O) groups is 1. The molecule has 72 valence electrons. The molecule has 0 radical (unpaired) electrons. The van der Waals surface area contributed by atoms with Gasteiger partial charge in [0.1, 0.15) is 17.8 Å². The van der Waals surface area contributed by atoms with Crippen molar-refractivity contribution < 1.29 is 4.79 Å². The second-order valence-corrected chi connectivity index (χ2v) is 2.76. The number of nitrogens with one attached hydrogen (secondary N) is 1. The summed E-state index contributed by atoms with van der Waals surface area (Å²) in [4.78, 5) is 15.5. The Morgan fingerprint density at radius 1 is 1.64 bits per heavy atom. The molecule has 1 N–H and O–H groups in total. The minimum atomic E-state index is -0.130. The first kappa shape index (κ1) is 8.54. The van der Waals surface area contributed by atoms with Crippen molar-refractivity contribution in [3.63, 3.8) is 0 Å². The molecule has 14 heavy (non-hydrogen) atoms. The van der Waals surface area contributed by atoms with Crippen LogP contribution in [0.4, 0.5) is 0 Å². The van der Waals surface area contributed by atoms with Crippen LogP contribution in [-0.2, 0) is 13.5 Å². The molecule has 2 heterocycles. The van der Waals surface area contributed by atoms with Crippen LogP contribution in [0.15, 0.2) is 12.5 Å². The summed E-state index contributed by atoms with van der Waals surface area (Å²) in [7, 11) is 1.73. The Morgan fingerprint density at radius 2 is 2.50 bits per heavy atom. The van der Waals surface area contributed by atoms with E-state index in [1.54, 1.807) is 11.7 Å². The van der Waals surface area contributed by atoms with Gasteiger partial charge in [0, 0.05) is 7.05 Å². The monoisotopic (exact) mass is 192 g/mol. The first-order valence-electron chi connectivity index (χ1n) is 3.99. The molecule has 0 aliphatic heterocycles. The number of aryl methyl sites for hydroxylation is 1. The number of hydrogen-bond acceptors (Lipinski definition) is 5. The van der Waals surface area contributed by atoms with Gasteiger partial charge in [0.2, 0.25) is 0 Å². The van der Waals surface area contributed by atoms with E-state index in [1.807, 2.05) is 0 Å². The lowest BCUT2D eigenvalue weighted by Gasteiger charge is -1.96. The fourth-order valence-corrected chi connectivity index (χ4v) is 1.05. The van der Waals surface area contributed by atoms with E-state index in [0.29, 0.717) is 11.5 Å². The standard InChI is InChI=1S/C7H8N6O/c1-13-7(8-4-10-13)2-6(14)5-3-9-12-11-5/h3-4H,2H2,1H3,(H,9,11,12). The van der Waals surface area contributed by atoms with Crippen LogP contribution in [0.3, 0.4) is 0 Å². The number of hydrogen-bond donors (Lipinski definition) is 1. The molecule has 0 aliphatic rings. The maximum absolute atomic E-state index is 11.5. The molecule has 2 aromatic rings. The van der Waals surface area contributed by atoms with Crippen molar-refractivity contribution >= 4 is 5.78 Å². The summed E-state index contributed by atoms with van der Waals surface area (Å²) < 4.78 is 1.55. The first-order valence-corrected chi connectivity index (χ1v) is 3.99. The van der Waals surface area contributed by atoms with Gasteiger partial charge in [-0.2, -0.15) is 20.5 Å². The van der Waals surface area contributed by atoms with E-state index in [1.165, 1.54) is 12.5 Å². The number of nitrogens with zero attached hydrogens (tertiary/aromatic N) is 5. The number of aromatic nitrogens is 6. The molecule has 0 unspecified atom stereocenters. The molecule has 0 bridgehead atoms. The Morgan fingerprint density at radius 3 is 3.07 bits per heavy atom. The van der Waals surface area contributed by atoms with Crippen LogP contribution < -0.4 is 0 Å². The van der Waals surface area contributed by atoms with Gasteiger partial charge in [-0.25, -0.2) is 4.98 Å². The van der Waals surface area contributed by atoms with E-state index < -0.39 is 0 Å². The molecule has 0 spiro atoms. The predicted molar refractivity (Wildman–Crippen MR) is 45.4 cm³/mol. The van der Waals surface area contributed by atoms with Crippen molar-refractivity contribution in [3.8, 4) is 0 Å². The molecule has 0 aliphatic carbocycles. The number of aromatic amines is 1. The minimum absolute atomic E-state index is 0.130. The summed E-state index contributed by atoms with van der Waals surface area (Å²) in [5.41, 5.74) is 0.313. The van der Waals surface area contributed by atoms with E-state index in [0.717, 1.165) is 0 Å². The number of rotatable bonds is 3. The van der Waals surface area contributed by atoms with Crippen LogP contribution in [-0.4, -0.2) is 36.0 Å². The van der Waals surface area contributed by atoms with Crippen molar-refractivity contribution in [3.05, 3.63) is 24.0 Å². The minimum Gasteiger partial charge on any atom is -0.292 e. The van der Waals surface area contributed by atoms with Gasteiger partial charge in [0.25, 0.3) is 0 Å². The molecule has 0 aromatic carbocycles. The van der Waals surface area contributed by atoms with Crippen molar-refractivity contribution in [1.82, 2.24) is 30.2 Å². The molecule has 7 heteroatoms. The Labute approximate surface area is 79.2 Å². The second-order valence-electron chi connectivity index (χ2n) is 2.76. The molecule has 0 saturated heterocycles. The topological polar surface area (TPSA) is 89.4 Å². The quantitative estimate of drug-likeness (QED) is 0.653. The lowest BCUT2D eigenvalue weighted by atomic mass is 10.2. The van der Waals surface area contributed by atoms with E-state index >= 15 is 0 Å². The van der Waals surface area contributed by atoms with Crippen molar-refractivity contribution in [2.75, 3.05) is 0 Å². The van der Waals surface area contributed by atoms with Crippen LogP contribution in [0, 0.1) is 0 Å². The fraction of sp³-hybridized carbons (Fsp3) is 0.286. The molecule has 0 amide bonds. The molecule has 2 rings (SSSR count). The Kier molecular flexibility index (Phi) is 2.05. The summed E-state index contributed by atoms with van der Waals surface area (Å²) in [6.07, 6.45) is 2.98. The number of H-pyrrole nitrogens is 1. The Bertz CT molecular complexity index is 431. The normalized spacial score (nSPS) is 10.4. The van der Waals surface area contributed by atoms with E-state index in [9.17, 15) is 4.79 Å². The maximum Gasteiger partial charge on any atom is 0.192 e. The highest BCUT2D eigenvalue weighted by atomic mass is 16.1. The van der Waals surface area contributed by atoms with Gasteiger partial charge in [-0.05, 0) is 0 Å². The largest absolute Gasteiger partial charge is 0.292 e. The average Bonchev–Trinajstić information content (AvgIpc) is 2.77. The van der Waals surface area contributed by atoms with Crippen molar-refractivity contribution in [2.45, 2.75) is 6.42 Å². The Hall–Kier alpha value is -2.05. The molecule has 2 aromatic heterocycles. The third kappa shape index (κ3) is 1.51. The third-order valence-electron chi connectivity index (χ3n) is 1.82. The number of Topliss-reactive ketones (excluding diaryl/α,β-unsaturated/α-hetero) is 1. The molecule has 7 nitrogen and oxygen atoms in total. The highest BCUT2D eigenvalue weighted by molar-refractivity contribution is 5.94. The summed E-state index contributed by atoms with van der Waals surface area (Å²) in [6, 6.07) is 0. The van der Waals surface area contributed by atoms with Crippen molar-refractivity contribution in [1.29, 1.82) is 0 Å². The molecular weight excluding hydrogens is 184 g/mol. The first-order chi connectivity index (χ1) is 6.77. The van der Waals surface area contributed by atoms with Gasteiger partial charge in [-0.15, -0.1) is 0 Å². The van der Waals surface area contributed by atoms with Gasteiger partial charge in [-0.3, -0.25) is 9.48 Å². The van der Waals surface area contributed by atoms with Gasteiger partial charge >= 0.3 is 0 Å². The third-order valence-corrected chi connectivity index (χ3v) is 1.82. The van der Waals surface area contributed by atoms with E-state index in [4.69, 9.17) is 0 Å². The highest BCUT2D eigenvalue weighted by Crippen LogP contribution is 1.99. The maximum atomic E-state index is 11.5. The zero-order valence-electron chi connectivity index (χ0n) is 7.51. The number of carbonyl (C=O) groups excluding carboxylic acids is 1. The molecule has 0 atom stereocenters. The number of ketones is 1. The molecular formula is C7H8N6O. The second kappa shape index (κ2) is 3.36. The highest BCUT2D eigenvalue weighted by Gasteiger charge is 2.12. The van der Waals surface area contributed by atoms with Gasteiger partial charge < -0.3 is 0 Å². The zero-order valence-corrected chi connectivity index (χ0v) is 7.51. The average molecular weight is 192 g/mol. The van der Waals surface area contributed by atoms with E-state index in [2.05, 4.69) is 25.5 Å². The summed E-state index contributed by atoms with van der Waals surface area (Å²) in [5.74, 6) is 0.479. The lowest BCUT2D eigenvalue weighted by Crippen LogP contribution is -2.09. The van der Waals surface area contributed by atoms with Crippen LogP contribution in [0.1, 0.15) is 16.3 Å². The van der Waals surface area contributed by atoms with Gasteiger partial charge in [-0.1, -0.05) is 0 Å². The van der Waals surface area contributed by atoms with Crippen molar-refractivity contribution in [2.24, 2.45) is 7.05 Å². The fourth-order valence-electron chi connectivity index (χ4n) is 1.05. The SMILES string of the molecule is Cn1ncnc1CC(=O)c1cn[nH]n1.